The lowest BCUT2D eigenvalue weighted by Crippen LogP contribution is -2.30. The summed E-state index contributed by atoms with van der Waals surface area (Å²) in [7, 11) is 0. The molecule has 0 aromatic heterocycles. The van der Waals surface area contributed by atoms with Crippen molar-refractivity contribution in [2.75, 3.05) is 5.32 Å². The quantitative estimate of drug-likeness (QED) is 0.482. The number of rotatable bonds is 5. The van der Waals surface area contributed by atoms with Crippen molar-refractivity contribution >= 4 is 34.9 Å². The summed E-state index contributed by atoms with van der Waals surface area (Å²) in [5.41, 5.74) is 2.15. The highest BCUT2D eigenvalue weighted by Gasteiger charge is 2.21. The number of ether oxygens (including phenoxy) is 1. The molecule has 0 aliphatic heterocycles. The van der Waals surface area contributed by atoms with Gasteiger partial charge in [0.25, 0.3) is 11.6 Å². The Labute approximate surface area is 155 Å². The molecule has 26 heavy (non-hydrogen) atoms. The lowest BCUT2D eigenvalue weighted by Gasteiger charge is -2.14. The molecule has 2 aromatic rings. The zero-order valence-corrected chi connectivity index (χ0v) is 15.2. The van der Waals surface area contributed by atoms with Gasteiger partial charge >= 0.3 is 5.97 Å². The van der Waals surface area contributed by atoms with E-state index in [0.29, 0.717) is 5.56 Å². The monoisotopic (exact) mass is 376 g/mol. The Morgan fingerprint density at radius 1 is 1.15 bits per heavy atom. The van der Waals surface area contributed by atoms with E-state index < -0.39 is 22.9 Å². The molecule has 1 atom stereocenters. The van der Waals surface area contributed by atoms with Crippen LogP contribution in [0.2, 0.25) is 5.02 Å². The number of benzene rings is 2. The maximum absolute atomic E-state index is 12.2. The van der Waals surface area contributed by atoms with Crippen LogP contribution < -0.4 is 5.32 Å². The fourth-order valence-electron chi connectivity index (χ4n) is 2.11. The molecule has 8 heteroatoms. The van der Waals surface area contributed by atoms with Crippen molar-refractivity contribution in [3.63, 3.8) is 0 Å². The van der Waals surface area contributed by atoms with E-state index in [1.54, 1.807) is 18.2 Å². The van der Waals surface area contributed by atoms with Crippen LogP contribution in [0.5, 0.6) is 0 Å². The van der Waals surface area contributed by atoms with Gasteiger partial charge in [0.1, 0.15) is 0 Å². The number of carbonyl (C=O) groups is 2. The summed E-state index contributed by atoms with van der Waals surface area (Å²) in [6.07, 6.45) is -1.11. The van der Waals surface area contributed by atoms with E-state index in [-0.39, 0.29) is 16.4 Å². The molecule has 0 bridgehead atoms. The van der Waals surface area contributed by atoms with E-state index >= 15 is 0 Å². The van der Waals surface area contributed by atoms with Crippen LogP contribution in [0.15, 0.2) is 36.4 Å². The molecule has 0 radical (unpaired) electrons. The normalized spacial score (nSPS) is 11.5. The van der Waals surface area contributed by atoms with Gasteiger partial charge in [-0.1, -0.05) is 17.7 Å². The predicted molar refractivity (Wildman–Crippen MR) is 97.5 cm³/mol. The van der Waals surface area contributed by atoms with Gasteiger partial charge in [0, 0.05) is 12.1 Å². The number of nitrogens with zero attached hydrogens (tertiary/aromatic N) is 1. The summed E-state index contributed by atoms with van der Waals surface area (Å²) in [5, 5.41) is 13.4. The van der Waals surface area contributed by atoms with Gasteiger partial charge < -0.3 is 10.1 Å². The molecule has 136 valence electrons. The fraction of sp³-hybridized carbons (Fsp3) is 0.222. The second-order valence-corrected chi connectivity index (χ2v) is 6.16. The van der Waals surface area contributed by atoms with E-state index in [1.807, 2.05) is 13.8 Å². The van der Waals surface area contributed by atoms with E-state index in [0.717, 1.165) is 17.2 Å². The summed E-state index contributed by atoms with van der Waals surface area (Å²) in [6.45, 7) is 5.19. The topological polar surface area (TPSA) is 98.5 Å². The number of esters is 1. The number of nitrogens with one attached hydrogen (secondary N) is 1. The van der Waals surface area contributed by atoms with E-state index in [9.17, 15) is 19.7 Å². The number of carbonyl (C=O) groups excluding carboxylic acids is 2. The fourth-order valence-corrected chi connectivity index (χ4v) is 2.27. The average Bonchev–Trinajstić information content (AvgIpc) is 2.58. The molecular weight excluding hydrogens is 360 g/mol. The van der Waals surface area contributed by atoms with Crippen LogP contribution in [0.4, 0.5) is 11.4 Å². The van der Waals surface area contributed by atoms with Gasteiger partial charge in [0.2, 0.25) is 0 Å². The SMILES string of the molecule is Cc1ccc(C(=O)OC(C)C(=O)Nc2cc([N+](=O)[O-])ccc2Cl)cc1C. The molecule has 1 N–H and O–H groups in total. The van der Waals surface area contributed by atoms with Crippen LogP contribution in [0.25, 0.3) is 0 Å². The number of aryl methyl sites for hydroxylation is 2. The minimum absolute atomic E-state index is 0.0694. The van der Waals surface area contributed by atoms with Crippen LogP contribution >= 0.6 is 11.6 Å². The second-order valence-electron chi connectivity index (χ2n) is 5.76. The number of nitro groups is 1. The molecule has 0 saturated heterocycles. The third-order valence-electron chi connectivity index (χ3n) is 3.81. The number of halogens is 1. The smallest absolute Gasteiger partial charge is 0.338 e. The highest BCUT2D eigenvalue weighted by atomic mass is 35.5. The Hall–Kier alpha value is -2.93. The van der Waals surface area contributed by atoms with Gasteiger partial charge in [-0.3, -0.25) is 14.9 Å². The predicted octanol–water partition coefficient (Wildman–Crippen LogP) is 4.05. The maximum Gasteiger partial charge on any atom is 0.338 e. The van der Waals surface area contributed by atoms with Gasteiger partial charge in [-0.2, -0.15) is 0 Å². The van der Waals surface area contributed by atoms with Gasteiger partial charge in [-0.05, 0) is 50.1 Å². The van der Waals surface area contributed by atoms with Crippen molar-refractivity contribution in [1.29, 1.82) is 0 Å². The molecular formula is C18H17ClN2O5. The standard InChI is InChI=1S/C18H17ClN2O5/c1-10-4-5-13(8-11(10)2)18(23)26-12(3)17(22)20-16-9-14(21(24)25)6-7-15(16)19/h4-9,12H,1-3H3,(H,20,22). The molecule has 0 saturated carbocycles. The average molecular weight is 377 g/mol. The first-order valence-electron chi connectivity index (χ1n) is 7.72. The van der Waals surface area contributed by atoms with Crippen LogP contribution in [0, 0.1) is 24.0 Å². The molecule has 0 aliphatic rings. The lowest BCUT2D eigenvalue weighted by molar-refractivity contribution is -0.384. The third kappa shape index (κ3) is 4.58. The first kappa shape index (κ1) is 19.4. The van der Waals surface area contributed by atoms with Crippen molar-refractivity contribution in [1.82, 2.24) is 0 Å². The number of amides is 1. The summed E-state index contributed by atoms with van der Waals surface area (Å²) >= 11 is 5.94. The lowest BCUT2D eigenvalue weighted by atomic mass is 10.1. The van der Waals surface area contributed by atoms with Gasteiger partial charge in [0.05, 0.1) is 21.2 Å². The molecule has 0 spiro atoms. The van der Waals surface area contributed by atoms with Crippen molar-refractivity contribution in [3.05, 3.63) is 68.2 Å². The van der Waals surface area contributed by atoms with Crippen molar-refractivity contribution < 1.29 is 19.2 Å². The zero-order chi connectivity index (χ0) is 19.4. The van der Waals surface area contributed by atoms with Gasteiger partial charge in [0.15, 0.2) is 6.10 Å². The van der Waals surface area contributed by atoms with Crippen LogP contribution in [0.3, 0.4) is 0 Å². The Kier molecular flexibility index (Phi) is 5.94. The molecule has 1 unspecified atom stereocenters. The van der Waals surface area contributed by atoms with Crippen molar-refractivity contribution in [2.45, 2.75) is 26.9 Å². The molecule has 0 aliphatic carbocycles. The molecule has 0 fully saturated rings. The zero-order valence-electron chi connectivity index (χ0n) is 14.4. The van der Waals surface area contributed by atoms with Crippen LogP contribution in [-0.2, 0) is 9.53 Å². The Morgan fingerprint density at radius 3 is 2.46 bits per heavy atom. The molecule has 2 rings (SSSR count). The summed E-state index contributed by atoms with van der Waals surface area (Å²) in [6, 6.07) is 8.76. The van der Waals surface area contributed by atoms with E-state index in [1.165, 1.54) is 19.1 Å². The largest absolute Gasteiger partial charge is 0.449 e. The molecule has 1 amide bonds. The molecule has 0 heterocycles. The Morgan fingerprint density at radius 2 is 1.85 bits per heavy atom. The summed E-state index contributed by atoms with van der Waals surface area (Å²) in [4.78, 5) is 34.6. The number of anilines is 1. The Balaban J connectivity index is 2.07. The highest BCUT2D eigenvalue weighted by molar-refractivity contribution is 6.33. The van der Waals surface area contributed by atoms with Crippen LogP contribution in [0.1, 0.15) is 28.4 Å². The van der Waals surface area contributed by atoms with Gasteiger partial charge in [-0.15, -0.1) is 0 Å². The first-order chi connectivity index (χ1) is 12.2. The van der Waals surface area contributed by atoms with Crippen molar-refractivity contribution in [2.24, 2.45) is 0 Å². The second kappa shape index (κ2) is 7.97. The van der Waals surface area contributed by atoms with Crippen LogP contribution in [-0.4, -0.2) is 22.9 Å². The number of nitro benzene ring substituents is 1. The van der Waals surface area contributed by atoms with Gasteiger partial charge in [-0.25, -0.2) is 4.79 Å². The number of hydrogen-bond donors (Lipinski definition) is 1. The highest BCUT2D eigenvalue weighted by Crippen LogP contribution is 2.27. The first-order valence-corrected chi connectivity index (χ1v) is 8.10. The summed E-state index contributed by atoms with van der Waals surface area (Å²) < 4.78 is 5.15. The maximum atomic E-state index is 12.2. The minimum Gasteiger partial charge on any atom is -0.449 e. The number of hydrogen-bond acceptors (Lipinski definition) is 5. The molecule has 7 nitrogen and oxygen atoms in total. The minimum atomic E-state index is -1.11. The summed E-state index contributed by atoms with van der Waals surface area (Å²) in [5.74, 6) is -1.29. The molecule has 2 aromatic carbocycles. The van der Waals surface area contributed by atoms with E-state index in [4.69, 9.17) is 16.3 Å². The Bertz CT molecular complexity index is 882. The third-order valence-corrected chi connectivity index (χ3v) is 4.14. The number of non-ortho nitro benzene ring substituents is 1. The van der Waals surface area contributed by atoms with E-state index in [2.05, 4.69) is 5.32 Å². The van der Waals surface area contributed by atoms with Crippen molar-refractivity contribution in [3.8, 4) is 0 Å².